The Hall–Kier alpha value is -4.16. The minimum absolute atomic E-state index is 0.0439. The second kappa shape index (κ2) is 14.7. The second-order valence-corrected chi connectivity index (χ2v) is 13.4. The third kappa shape index (κ3) is 8.95. The highest BCUT2D eigenvalue weighted by atomic mass is 16.2. The topological polar surface area (TPSA) is 78.7 Å². The quantitative estimate of drug-likeness (QED) is 0.235. The van der Waals surface area contributed by atoms with Crippen molar-refractivity contribution >= 4 is 11.8 Å². The lowest BCUT2D eigenvalue weighted by Crippen LogP contribution is -2.54. The van der Waals surface area contributed by atoms with Gasteiger partial charge in [0.05, 0.1) is 5.41 Å². The van der Waals surface area contributed by atoms with E-state index in [-0.39, 0.29) is 17.4 Å². The molecule has 0 spiro atoms. The van der Waals surface area contributed by atoms with Crippen molar-refractivity contribution in [2.24, 2.45) is 11.1 Å². The number of rotatable bonds is 12. The summed E-state index contributed by atoms with van der Waals surface area (Å²) in [5, 5.41) is 2.90. The Labute approximate surface area is 270 Å². The molecule has 3 aromatic rings. The Morgan fingerprint density at radius 1 is 0.956 bits per heavy atom. The van der Waals surface area contributed by atoms with Crippen LogP contribution in [0.15, 0.2) is 109 Å². The number of benzene rings is 3. The fourth-order valence-corrected chi connectivity index (χ4v) is 6.53. The molecule has 1 aliphatic heterocycles. The van der Waals surface area contributed by atoms with Crippen LogP contribution < -0.4 is 11.1 Å². The first kappa shape index (κ1) is 33.7. The molecule has 1 fully saturated rings. The molecule has 3 N–H and O–H groups in total. The normalized spacial score (nSPS) is 15.7. The number of nitrogens with one attached hydrogen (secondary N) is 1. The first-order valence-corrected chi connectivity index (χ1v) is 16.0. The van der Waals surface area contributed by atoms with Gasteiger partial charge in [0.15, 0.2) is 0 Å². The average Bonchev–Trinajstić information content (AvgIpc) is 3.03. The number of carbonyl (C=O) groups is 2. The zero-order valence-corrected chi connectivity index (χ0v) is 27.7. The molecule has 1 saturated heterocycles. The van der Waals surface area contributed by atoms with Gasteiger partial charge in [-0.1, -0.05) is 97.1 Å². The minimum Gasteiger partial charge on any atom is -0.363 e. The molecule has 0 aliphatic carbocycles. The molecule has 3 aromatic carbocycles. The van der Waals surface area contributed by atoms with Gasteiger partial charge in [-0.15, -0.1) is 0 Å². The number of nitrogens with two attached hydrogens (primary N) is 1. The second-order valence-electron chi connectivity index (χ2n) is 13.4. The highest BCUT2D eigenvalue weighted by Crippen LogP contribution is 2.36. The summed E-state index contributed by atoms with van der Waals surface area (Å²) in [6, 6.07) is 28.5. The van der Waals surface area contributed by atoms with Crippen molar-refractivity contribution in [3.05, 3.63) is 120 Å². The van der Waals surface area contributed by atoms with Gasteiger partial charge in [-0.2, -0.15) is 0 Å². The van der Waals surface area contributed by atoms with Crippen molar-refractivity contribution in [3.8, 4) is 11.1 Å². The average molecular weight is 607 g/mol. The summed E-state index contributed by atoms with van der Waals surface area (Å²) in [6.45, 7) is 11.5. The largest absolute Gasteiger partial charge is 0.363 e. The van der Waals surface area contributed by atoms with Gasteiger partial charge in [-0.3, -0.25) is 9.59 Å². The summed E-state index contributed by atoms with van der Waals surface area (Å²) in [6.07, 6.45) is 5.20. The van der Waals surface area contributed by atoms with E-state index in [0.717, 1.165) is 39.9 Å². The van der Waals surface area contributed by atoms with Gasteiger partial charge in [-0.05, 0) is 74.8 Å². The predicted octanol–water partition coefficient (Wildman–Crippen LogP) is 6.38. The van der Waals surface area contributed by atoms with E-state index in [1.807, 2.05) is 73.2 Å². The lowest BCUT2D eigenvalue weighted by Gasteiger charge is -2.42. The summed E-state index contributed by atoms with van der Waals surface area (Å²) in [7, 11) is 3.66. The van der Waals surface area contributed by atoms with E-state index in [0.29, 0.717) is 38.8 Å². The molecule has 238 valence electrons. The molecule has 0 radical (unpaired) electrons. The van der Waals surface area contributed by atoms with E-state index in [4.69, 9.17) is 5.73 Å². The van der Waals surface area contributed by atoms with Gasteiger partial charge >= 0.3 is 0 Å². The number of allylic oxidation sites excluding steroid dienone is 1. The van der Waals surface area contributed by atoms with Crippen molar-refractivity contribution in [2.45, 2.75) is 64.5 Å². The molecule has 6 heteroatoms. The number of likely N-dealkylation sites (N-methyl/N-ethyl adjacent to an activating group) is 1. The maximum absolute atomic E-state index is 14.4. The Morgan fingerprint density at radius 3 is 2.07 bits per heavy atom. The Morgan fingerprint density at radius 2 is 1.51 bits per heavy atom. The van der Waals surface area contributed by atoms with E-state index in [2.05, 4.69) is 67.4 Å². The molecule has 6 nitrogen and oxygen atoms in total. The lowest BCUT2D eigenvalue weighted by molar-refractivity contribution is -0.143. The smallest absolute Gasteiger partial charge is 0.245 e. The number of nitrogens with zero attached hydrogens (tertiary/aromatic N) is 2. The lowest BCUT2D eigenvalue weighted by atomic mass is 9.73. The molecule has 1 heterocycles. The molecule has 1 atom stereocenters. The SMILES string of the molecule is C=C(/C=C(\C)CC(C)(C)N)N(C)[C@H](Cc1ccc(-c2ccccc2)cc1)C(=O)N1CCC(Cc2ccccc2)(C(=O)NC)CC1. The van der Waals surface area contributed by atoms with Crippen LogP contribution in [0.2, 0.25) is 0 Å². The van der Waals surface area contributed by atoms with Crippen molar-refractivity contribution in [1.82, 2.24) is 15.1 Å². The molecule has 0 aromatic heterocycles. The molecular formula is C39H50N4O2. The van der Waals surface area contributed by atoms with Gasteiger partial charge in [-0.25, -0.2) is 0 Å². The Kier molecular flexibility index (Phi) is 11.1. The number of piperidine rings is 1. The van der Waals surface area contributed by atoms with Crippen molar-refractivity contribution < 1.29 is 9.59 Å². The van der Waals surface area contributed by atoms with E-state index in [9.17, 15) is 9.59 Å². The standard InChI is InChI=1S/C39H50N4O2/c1-29(27-38(3,4)40)25-30(2)42(6)35(26-31-17-19-34(20-18-31)33-15-11-8-12-16-33)36(44)43-23-21-39(22-24-43,37(45)41-5)28-32-13-9-7-10-14-32/h7-20,25,35H,2,21-24,26-28,40H2,1,3-6H3,(H,41,45)/b29-25+/t35-/m1/s1. The fourth-order valence-electron chi connectivity index (χ4n) is 6.53. The molecule has 0 saturated carbocycles. The summed E-state index contributed by atoms with van der Waals surface area (Å²) in [5.74, 6) is 0.101. The van der Waals surface area contributed by atoms with Crippen LogP contribution >= 0.6 is 0 Å². The van der Waals surface area contributed by atoms with Crippen molar-refractivity contribution in [1.29, 1.82) is 0 Å². The minimum atomic E-state index is -0.542. The number of amides is 2. The summed E-state index contributed by atoms with van der Waals surface area (Å²) in [4.78, 5) is 31.5. The van der Waals surface area contributed by atoms with E-state index < -0.39 is 11.5 Å². The Bertz CT molecular complexity index is 1460. The van der Waals surface area contributed by atoms with E-state index in [1.54, 1.807) is 7.05 Å². The van der Waals surface area contributed by atoms with Crippen LogP contribution in [0.3, 0.4) is 0 Å². The number of carbonyl (C=O) groups excluding carboxylic acids is 2. The molecular weight excluding hydrogens is 556 g/mol. The highest BCUT2D eigenvalue weighted by molar-refractivity contribution is 5.85. The maximum Gasteiger partial charge on any atom is 0.245 e. The van der Waals surface area contributed by atoms with Gasteiger partial charge in [0, 0.05) is 44.8 Å². The number of hydrogen-bond acceptors (Lipinski definition) is 4. The first-order chi connectivity index (χ1) is 21.4. The monoisotopic (exact) mass is 606 g/mol. The third-order valence-corrected chi connectivity index (χ3v) is 8.97. The predicted molar refractivity (Wildman–Crippen MR) is 185 cm³/mol. The fraction of sp³-hybridized carbons (Fsp3) is 0.385. The summed E-state index contributed by atoms with van der Waals surface area (Å²) >= 11 is 0. The van der Waals surface area contributed by atoms with Crippen LogP contribution in [0.25, 0.3) is 11.1 Å². The van der Waals surface area contributed by atoms with Gasteiger partial charge in [0.25, 0.3) is 0 Å². The van der Waals surface area contributed by atoms with Crippen LogP contribution in [-0.4, -0.2) is 60.4 Å². The summed E-state index contributed by atoms with van der Waals surface area (Å²) < 4.78 is 0. The van der Waals surface area contributed by atoms with Crippen LogP contribution in [0.1, 0.15) is 51.2 Å². The van der Waals surface area contributed by atoms with E-state index >= 15 is 0 Å². The third-order valence-electron chi connectivity index (χ3n) is 8.97. The maximum atomic E-state index is 14.4. The van der Waals surface area contributed by atoms with Crippen LogP contribution in [0.5, 0.6) is 0 Å². The molecule has 0 unspecified atom stereocenters. The van der Waals surface area contributed by atoms with Crippen molar-refractivity contribution in [2.75, 3.05) is 27.2 Å². The molecule has 0 bridgehead atoms. The van der Waals surface area contributed by atoms with Gasteiger partial charge in [0.2, 0.25) is 11.8 Å². The molecule has 2 amide bonds. The van der Waals surface area contributed by atoms with Gasteiger partial charge in [0.1, 0.15) is 6.04 Å². The van der Waals surface area contributed by atoms with E-state index in [1.165, 1.54) is 0 Å². The Balaban J connectivity index is 1.56. The van der Waals surface area contributed by atoms with Crippen molar-refractivity contribution in [3.63, 3.8) is 0 Å². The zero-order chi connectivity index (χ0) is 32.6. The number of likely N-dealkylation sites (tertiary alicyclic amines) is 1. The first-order valence-electron chi connectivity index (χ1n) is 16.0. The number of hydrogen-bond donors (Lipinski definition) is 2. The van der Waals surface area contributed by atoms with Crippen LogP contribution in [0, 0.1) is 5.41 Å². The highest BCUT2D eigenvalue weighted by Gasteiger charge is 2.43. The van der Waals surface area contributed by atoms with Crippen LogP contribution in [0.4, 0.5) is 0 Å². The zero-order valence-electron chi connectivity index (χ0n) is 27.7. The molecule has 4 rings (SSSR count). The molecule has 45 heavy (non-hydrogen) atoms. The summed E-state index contributed by atoms with van der Waals surface area (Å²) in [5.41, 5.74) is 11.8. The van der Waals surface area contributed by atoms with Crippen LogP contribution in [-0.2, 0) is 22.4 Å². The van der Waals surface area contributed by atoms with Gasteiger partial charge < -0.3 is 20.9 Å². The molecule has 1 aliphatic rings.